The van der Waals surface area contributed by atoms with Crippen LogP contribution < -0.4 is 5.32 Å². The highest BCUT2D eigenvalue weighted by Gasteiger charge is 2.25. The van der Waals surface area contributed by atoms with Crippen molar-refractivity contribution in [1.29, 1.82) is 0 Å². The van der Waals surface area contributed by atoms with Crippen LogP contribution in [0, 0.1) is 12.8 Å². The summed E-state index contributed by atoms with van der Waals surface area (Å²) in [4.78, 5) is 23.8. The molecule has 1 unspecified atom stereocenters. The predicted molar refractivity (Wildman–Crippen MR) is 82.2 cm³/mol. The van der Waals surface area contributed by atoms with E-state index < -0.39 is 0 Å². The number of aromatic nitrogens is 1. The summed E-state index contributed by atoms with van der Waals surface area (Å²) in [5, 5.41) is 6.06. The van der Waals surface area contributed by atoms with Gasteiger partial charge in [-0.25, -0.2) is 0 Å². The maximum Gasteiger partial charge on any atom is 0.316 e. The van der Waals surface area contributed by atoms with E-state index in [9.17, 15) is 9.59 Å². The number of thioether (sulfide) groups is 1. The highest BCUT2D eigenvalue weighted by atomic mass is 32.2. The minimum Gasteiger partial charge on any atom is -0.462 e. The molecule has 1 rings (SSSR count). The Bertz CT molecular complexity index is 485. The molecule has 1 atom stereocenters. The van der Waals surface area contributed by atoms with E-state index in [1.54, 1.807) is 26.8 Å². The Morgan fingerprint density at radius 1 is 1.38 bits per heavy atom. The summed E-state index contributed by atoms with van der Waals surface area (Å²) in [7, 11) is 0. The van der Waals surface area contributed by atoms with Crippen LogP contribution in [0.4, 0.5) is 5.82 Å². The van der Waals surface area contributed by atoms with Crippen LogP contribution in [-0.2, 0) is 14.3 Å². The third kappa shape index (κ3) is 6.20. The Morgan fingerprint density at radius 3 is 2.52 bits per heavy atom. The van der Waals surface area contributed by atoms with Crippen molar-refractivity contribution >= 4 is 29.5 Å². The van der Waals surface area contributed by atoms with Gasteiger partial charge in [0.2, 0.25) is 5.91 Å². The minimum atomic E-state index is -0.360. The van der Waals surface area contributed by atoms with Gasteiger partial charge in [-0.3, -0.25) is 9.59 Å². The third-order valence-corrected chi connectivity index (χ3v) is 4.01. The predicted octanol–water partition coefficient (Wildman–Crippen LogP) is 2.63. The van der Waals surface area contributed by atoms with Crippen molar-refractivity contribution in [3.05, 3.63) is 11.8 Å². The SMILES string of the molecule is Cc1cc(NC(=O)C(SCC(=O)OC(C)C)C(C)C)no1. The largest absolute Gasteiger partial charge is 0.462 e. The van der Waals surface area contributed by atoms with Gasteiger partial charge in [-0.05, 0) is 26.7 Å². The number of nitrogens with one attached hydrogen (secondary N) is 1. The second-order valence-corrected chi connectivity index (χ2v) is 6.46. The lowest BCUT2D eigenvalue weighted by atomic mass is 10.1. The van der Waals surface area contributed by atoms with Crippen LogP contribution in [-0.4, -0.2) is 34.1 Å². The molecule has 0 saturated carbocycles. The lowest BCUT2D eigenvalue weighted by Gasteiger charge is -2.19. The Labute approximate surface area is 129 Å². The molecule has 0 aliphatic heterocycles. The van der Waals surface area contributed by atoms with E-state index >= 15 is 0 Å². The van der Waals surface area contributed by atoms with Crippen molar-refractivity contribution in [1.82, 2.24) is 5.16 Å². The normalized spacial score (nSPS) is 12.5. The number of esters is 1. The van der Waals surface area contributed by atoms with Gasteiger partial charge < -0.3 is 14.6 Å². The number of amides is 1. The van der Waals surface area contributed by atoms with Crippen molar-refractivity contribution < 1.29 is 18.8 Å². The molecule has 7 heteroatoms. The molecule has 0 aliphatic carbocycles. The lowest BCUT2D eigenvalue weighted by molar-refractivity contribution is -0.144. The summed E-state index contributed by atoms with van der Waals surface area (Å²) < 4.78 is 9.96. The maximum absolute atomic E-state index is 12.2. The third-order valence-electron chi connectivity index (χ3n) is 2.49. The summed E-state index contributed by atoms with van der Waals surface area (Å²) in [6.45, 7) is 9.20. The van der Waals surface area contributed by atoms with Crippen molar-refractivity contribution in [3.8, 4) is 0 Å². The molecule has 1 heterocycles. The molecule has 1 aromatic rings. The van der Waals surface area contributed by atoms with E-state index in [-0.39, 0.29) is 34.9 Å². The van der Waals surface area contributed by atoms with E-state index in [2.05, 4.69) is 10.5 Å². The smallest absolute Gasteiger partial charge is 0.316 e. The molecule has 1 N–H and O–H groups in total. The van der Waals surface area contributed by atoms with E-state index in [1.165, 1.54) is 11.8 Å². The van der Waals surface area contributed by atoms with Crippen LogP contribution in [0.1, 0.15) is 33.5 Å². The Morgan fingerprint density at radius 2 is 2.05 bits per heavy atom. The van der Waals surface area contributed by atoms with E-state index in [1.807, 2.05) is 13.8 Å². The van der Waals surface area contributed by atoms with Crippen LogP contribution in [0.25, 0.3) is 0 Å². The molecule has 0 aromatic carbocycles. The average Bonchev–Trinajstić information content (AvgIpc) is 2.73. The zero-order chi connectivity index (χ0) is 16.0. The van der Waals surface area contributed by atoms with Gasteiger partial charge in [0.1, 0.15) is 5.76 Å². The fourth-order valence-corrected chi connectivity index (χ4v) is 2.63. The monoisotopic (exact) mass is 314 g/mol. The summed E-state index contributed by atoms with van der Waals surface area (Å²) in [6.07, 6.45) is -0.150. The standard InChI is InChI=1S/C14H22N2O4S/c1-8(2)13(21-7-12(17)19-9(3)4)14(18)15-11-6-10(5)20-16-11/h6,8-9,13H,7H2,1-5H3,(H,15,16,18). The van der Waals surface area contributed by atoms with Crippen LogP contribution in [0.15, 0.2) is 10.6 Å². The van der Waals surface area contributed by atoms with Gasteiger partial charge in [-0.2, -0.15) is 0 Å². The number of hydrogen-bond donors (Lipinski definition) is 1. The van der Waals surface area contributed by atoms with Gasteiger partial charge in [0.05, 0.1) is 17.1 Å². The van der Waals surface area contributed by atoms with Gasteiger partial charge >= 0.3 is 5.97 Å². The number of carbonyl (C=O) groups excluding carboxylic acids is 2. The number of nitrogens with zero attached hydrogens (tertiary/aromatic N) is 1. The van der Waals surface area contributed by atoms with Gasteiger partial charge in [0.15, 0.2) is 5.82 Å². The lowest BCUT2D eigenvalue weighted by Crippen LogP contribution is -2.31. The van der Waals surface area contributed by atoms with Crippen LogP contribution in [0.2, 0.25) is 0 Å². The average molecular weight is 314 g/mol. The maximum atomic E-state index is 12.2. The Hall–Kier alpha value is -1.50. The van der Waals surface area contributed by atoms with Gasteiger partial charge in [0.25, 0.3) is 0 Å². The zero-order valence-electron chi connectivity index (χ0n) is 13.0. The molecule has 0 spiro atoms. The first-order valence-corrected chi connectivity index (χ1v) is 7.89. The number of hydrogen-bond acceptors (Lipinski definition) is 6. The number of rotatable bonds is 7. The molecule has 0 saturated heterocycles. The number of anilines is 1. The first-order chi connectivity index (χ1) is 9.79. The quantitative estimate of drug-likeness (QED) is 0.779. The molecule has 21 heavy (non-hydrogen) atoms. The highest BCUT2D eigenvalue weighted by Crippen LogP contribution is 2.22. The van der Waals surface area contributed by atoms with Crippen LogP contribution in [0.5, 0.6) is 0 Å². The first-order valence-electron chi connectivity index (χ1n) is 6.85. The molecule has 1 amide bonds. The van der Waals surface area contributed by atoms with Gasteiger partial charge in [-0.1, -0.05) is 19.0 Å². The summed E-state index contributed by atoms with van der Waals surface area (Å²) >= 11 is 1.27. The van der Waals surface area contributed by atoms with Crippen molar-refractivity contribution in [2.24, 2.45) is 5.92 Å². The first kappa shape index (κ1) is 17.6. The minimum absolute atomic E-state index is 0.0786. The van der Waals surface area contributed by atoms with E-state index in [0.717, 1.165) is 0 Å². The van der Waals surface area contributed by atoms with Crippen molar-refractivity contribution in [2.75, 3.05) is 11.1 Å². The van der Waals surface area contributed by atoms with E-state index in [4.69, 9.17) is 9.26 Å². The number of ether oxygens (including phenoxy) is 1. The molecular formula is C14H22N2O4S. The van der Waals surface area contributed by atoms with Crippen LogP contribution in [0.3, 0.4) is 0 Å². The molecule has 0 radical (unpaired) electrons. The highest BCUT2D eigenvalue weighted by molar-refractivity contribution is 8.01. The molecule has 0 aliphatic rings. The summed E-state index contributed by atoms with van der Waals surface area (Å²) in [5.41, 5.74) is 0. The second kappa shape index (κ2) is 8.07. The number of aryl methyl sites for hydroxylation is 1. The van der Waals surface area contributed by atoms with Gasteiger partial charge in [-0.15, -0.1) is 11.8 Å². The van der Waals surface area contributed by atoms with Crippen LogP contribution >= 0.6 is 11.8 Å². The Kier molecular flexibility index (Phi) is 6.74. The van der Waals surface area contributed by atoms with Crippen molar-refractivity contribution in [3.63, 3.8) is 0 Å². The fraction of sp³-hybridized carbons (Fsp3) is 0.643. The Balaban J connectivity index is 2.56. The molecule has 6 nitrogen and oxygen atoms in total. The topological polar surface area (TPSA) is 81.4 Å². The number of carbonyl (C=O) groups is 2. The summed E-state index contributed by atoms with van der Waals surface area (Å²) in [5.74, 6) is 0.723. The molecule has 118 valence electrons. The molecule has 1 aromatic heterocycles. The molecular weight excluding hydrogens is 292 g/mol. The zero-order valence-corrected chi connectivity index (χ0v) is 13.8. The van der Waals surface area contributed by atoms with E-state index in [0.29, 0.717) is 11.6 Å². The molecule has 0 bridgehead atoms. The van der Waals surface area contributed by atoms with Gasteiger partial charge in [0, 0.05) is 6.07 Å². The summed E-state index contributed by atoms with van der Waals surface area (Å²) in [6, 6.07) is 1.65. The second-order valence-electron chi connectivity index (χ2n) is 5.33. The fourth-order valence-electron chi connectivity index (χ4n) is 1.65. The molecule has 0 fully saturated rings. The van der Waals surface area contributed by atoms with Crippen molar-refractivity contribution in [2.45, 2.75) is 46.0 Å².